The quantitative estimate of drug-likeness (QED) is 0.826. The predicted octanol–water partition coefficient (Wildman–Crippen LogP) is 1.60. The maximum Gasteiger partial charge on any atom is 0.272 e. The van der Waals surface area contributed by atoms with Crippen LogP contribution in [0.15, 0.2) is 12.1 Å². The highest BCUT2D eigenvalue weighted by Gasteiger charge is 2.24. The van der Waals surface area contributed by atoms with Gasteiger partial charge < -0.3 is 15.4 Å². The Labute approximate surface area is 119 Å². The molecular formula is C14H22N4O2. The molecule has 1 amide bonds. The van der Waals surface area contributed by atoms with Crippen LogP contribution in [0.4, 0.5) is 5.82 Å². The van der Waals surface area contributed by atoms with Gasteiger partial charge in [0.25, 0.3) is 5.91 Å². The number of rotatable bonds is 6. The first kappa shape index (κ1) is 14.7. The van der Waals surface area contributed by atoms with E-state index in [2.05, 4.69) is 27.8 Å². The van der Waals surface area contributed by atoms with Crippen LogP contribution >= 0.6 is 0 Å². The zero-order valence-corrected chi connectivity index (χ0v) is 12.1. The summed E-state index contributed by atoms with van der Waals surface area (Å²) in [4.78, 5) is 12.0. The number of hydrogen-bond donors (Lipinski definition) is 2. The van der Waals surface area contributed by atoms with Crippen LogP contribution in [0.5, 0.6) is 0 Å². The lowest BCUT2D eigenvalue weighted by atomic mass is 10.1. The topological polar surface area (TPSA) is 76.1 Å². The van der Waals surface area contributed by atoms with Gasteiger partial charge >= 0.3 is 0 Å². The second-order valence-corrected chi connectivity index (χ2v) is 5.04. The van der Waals surface area contributed by atoms with Crippen molar-refractivity contribution in [1.82, 2.24) is 15.5 Å². The Morgan fingerprint density at radius 1 is 1.50 bits per heavy atom. The first-order valence-corrected chi connectivity index (χ1v) is 7.20. The molecule has 1 aliphatic rings. The van der Waals surface area contributed by atoms with E-state index in [-0.39, 0.29) is 18.1 Å². The highest BCUT2D eigenvalue weighted by Crippen LogP contribution is 2.15. The number of carbonyl (C=O) groups excluding carboxylic acids is 1. The third-order valence-electron chi connectivity index (χ3n) is 3.33. The number of anilines is 1. The second kappa shape index (κ2) is 7.19. The van der Waals surface area contributed by atoms with Crippen LogP contribution in [0.1, 0.15) is 43.6 Å². The lowest BCUT2D eigenvalue weighted by molar-refractivity contribution is 0.0709. The maximum atomic E-state index is 12.0. The van der Waals surface area contributed by atoms with Crippen molar-refractivity contribution in [3.8, 4) is 0 Å². The lowest BCUT2D eigenvalue weighted by Gasteiger charge is -2.19. The zero-order valence-electron chi connectivity index (χ0n) is 12.1. The Morgan fingerprint density at radius 2 is 2.35 bits per heavy atom. The number of amides is 1. The minimum atomic E-state index is -0.206. The van der Waals surface area contributed by atoms with E-state index in [9.17, 15) is 4.79 Å². The summed E-state index contributed by atoms with van der Waals surface area (Å²) in [5.41, 5.74) is 0.330. The fourth-order valence-corrected chi connectivity index (χ4v) is 2.17. The van der Waals surface area contributed by atoms with Crippen LogP contribution in [-0.4, -0.2) is 41.4 Å². The third-order valence-corrected chi connectivity index (χ3v) is 3.33. The maximum absolute atomic E-state index is 12.0. The number of nitrogens with one attached hydrogen (secondary N) is 2. The highest BCUT2D eigenvalue weighted by molar-refractivity contribution is 5.92. The Bertz CT molecular complexity index is 429. The van der Waals surface area contributed by atoms with E-state index in [4.69, 9.17) is 4.74 Å². The van der Waals surface area contributed by atoms with E-state index in [1.165, 1.54) is 0 Å². The summed E-state index contributed by atoms with van der Waals surface area (Å²) in [6, 6.07) is 3.45. The Kier molecular flexibility index (Phi) is 5.29. The van der Waals surface area contributed by atoms with E-state index >= 15 is 0 Å². The van der Waals surface area contributed by atoms with Gasteiger partial charge in [0, 0.05) is 13.2 Å². The van der Waals surface area contributed by atoms with Gasteiger partial charge in [-0.1, -0.05) is 6.92 Å². The van der Waals surface area contributed by atoms with Crippen molar-refractivity contribution < 1.29 is 9.53 Å². The van der Waals surface area contributed by atoms with Crippen molar-refractivity contribution in [2.75, 3.05) is 18.5 Å². The Balaban J connectivity index is 1.88. The van der Waals surface area contributed by atoms with E-state index in [1.807, 2.05) is 6.92 Å². The molecule has 1 fully saturated rings. The highest BCUT2D eigenvalue weighted by atomic mass is 16.5. The third kappa shape index (κ3) is 3.90. The van der Waals surface area contributed by atoms with E-state index < -0.39 is 0 Å². The van der Waals surface area contributed by atoms with Crippen molar-refractivity contribution in [1.29, 1.82) is 0 Å². The zero-order chi connectivity index (χ0) is 14.4. The molecule has 0 aliphatic carbocycles. The molecule has 0 radical (unpaired) electrons. The summed E-state index contributed by atoms with van der Waals surface area (Å²) >= 11 is 0. The molecule has 2 heterocycles. The first-order chi connectivity index (χ1) is 9.70. The van der Waals surface area contributed by atoms with Crippen molar-refractivity contribution in [3.63, 3.8) is 0 Å². The number of nitrogens with zero attached hydrogens (tertiary/aromatic N) is 2. The average molecular weight is 278 g/mol. The average Bonchev–Trinajstić information content (AvgIpc) is 3.00. The molecule has 0 bridgehead atoms. The molecule has 0 saturated carbocycles. The second-order valence-electron chi connectivity index (χ2n) is 5.04. The van der Waals surface area contributed by atoms with Gasteiger partial charge in [-0.05, 0) is 38.3 Å². The molecule has 20 heavy (non-hydrogen) atoms. The van der Waals surface area contributed by atoms with Gasteiger partial charge in [0.1, 0.15) is 5.82 Å². The van der Waals surface area contributed by atoms with Crippen LogP contribution in [-0.2, 0) is 4.74 Å². The van der Waals surface area contributed by atoms with Gasteiger partial charge in [-0.25, -0.2) is 0 Å². The molecule has 1 aromatic heterocycles. The van der Waals surface area contributed by atoms with Gasteiger partial charge in [0.05, 0.1) is 12.1 Å². The van der Waals surface area contributed by atoms with Gasteiger partial charge in [0.2, 0.25) is 0 Å². The fourth-order valence-electron chi connectivity index (χ4n) is 2.17. The normalized spacial score (nSPS) is 19.6. The lowest BCUT2D eigenvalue weighted by Crippen LogP contribution is -2.41. The molecule has 1 aliphatic heterocycles. The molecule has 0 spiro atoms. The Hall–Kier alpha value is -1.69. The van der Waals surface area contributed by atoms with E-state index in [1.54, 1.807) is 12.1 Å². The van der Waals surface area contributed by atoms with E-state index in [0.29, 0.717) is 11.5 Å². The molecule has 2 rings (SSSR count). The number of aromatic nitrogens is 2. The summed E-state index contributed by atoms with van der Waals surface area (Å²) < 4.78 is 5.55. The van der Waals surface area contributed by atoms with Gasteiger partial charge in [0.15, 0.2) is 5.69 Å². The smallest absolute Gasteiger partial charge is 0.272 e. The minimum absolute atomic E-state index is 0.00954. The summed E-state index contributed by atoms with van der Waals surface area (Å²) in [6.07, 6.45) is 3.18. The first-order valence-electron chi connectivity index (χ1n) is 7.20. The number of ether oxygens (including phenoxy) is 1. The predicted molar refractivity (Wildman–Crippen MR) is 76.7 cm³/mol. The van der Waals surface area contributed by atoms with E-state index in [0.717, 1.165) is 32.4 Å². The molecule has 0 aromatic carbocycles. The molecule has 1 saturated heterocycles. The van der Waals surface area contributed by atoms with Crippen molar-refractivity contribution in [2.45, 2.75) is 45.3 Å². The number of carbonyl (C=O) groups is 1. The number of hydrogen-bond acceptors (Lipinski definition) is 5. The molecule has 1 aromatic rings. The van der Waals surface area contributed by atoms with Crippen LogP contribution in [0.2, 0.25) is 0 Å². The largest absolute Gasteiger partial charge is 0.376 e. The van der Waals surface area contributed by atoms with Gasteiger partial charge in [-0.3, -0.25) is 4.79 Å². The monoisotopic (exact) mass is 278 g/mol. The summed E-state index contributed by atoms with van der Waals surface area (Å²) in [5, 5.41) is 14.0. The summed E-state index contributed by atoms with van der Waals surface area (Å²) in [6.45, 7) is 5.66. The molecular weight excluding hydrogens is 256 g/mol. The van der Waals surface area contributed by atoms with Gasteiger partial charge in [-0.2, -0.15) is 0 Å². The molecule has 6 heteroatoms. The van der Waals surface area contributed by atoms with Crippen LogP contribution in [0, 0.1) is 0 Å². The standard InChI is InChI=1S/C14H22N4O2/c1-3-8-15-13-7-6-11(17-18-13)14(19)16-10(2)12-5-4-9-20-12/h6-7,10,12H,3-5,8-9H2,1-2H3,(H,15,18)(H,16,19). The summed E-state index contributed by atoms with van der Waals surface area (Å²) in [7, 11) is 0. The van der Waals surface area contributed by atoms with Crippen LogP contribution in [0.3, 0.4) is 0 Å². The Morgan fingerprint density at radius 3 is 2.95 bits per heavy atom. The summed E-state index contributed by atoms with van der Waals surface area (Å²) in [5.74, 6) is 0.484. The molecule has 2 N–H and O–H groups in total. The molecule has 6 nitrogen and oxygen atoms in total. The molecule has 2 unspecified atom stereocenters. The van der Waals surface area contributed by atoms with Crippen molar-refractivity contribution in [3.05, 3.63) is 17.8 Å². The van der Waals surface area contributed by atoms with Gasteiger partial charge in [-0.15, -0.1) is 10.2 Å². The molecule has 2 atom stereocenters. The van der Waals surface area contributed by atoms with Crippen molar-refractivity contribution >= 4 is 11.7 Å². The fraction of sp³-hybridized carbons (Fsp3) is 0.643. The SMILES string of the molecule is CCCNc1ccc(C(=O)NC(C)C2CCCO2)nn1. The minimum Gasteiger partial charge on any atom is -0.376 e. The van der Waals surface area contributed by atoms with Crippen LogP contribution in [0.25, 0.3) is 0 Å². The van der Waals surface area contributed by atoms with Crippen molar-refractivity contribution in [2.24, 2.45) is 0 Å². The molecule has 110 valence electrons. The van der Waals surface area contributed by atoms with Crippen LogP contribution < -0.4 is 10.6 Å².